The number of carbonyl (C=O) groups excluding carboxylic acids is 3. The first-order chi connectivity index (χ1) is 19.0. The number of para-hydroxylation sites is 2. The fourth-order valence-electron chi connectivity index (χ4n) is 6.60. The van der Waals surface area contributed by atoms with Crippen molar-refractivity contribution in [2.45, 2.75) is 17.5 Å². The van der Waals surface area contributed by atoms with E-state index in [9.17, 15) is 14.4 Å². The highest BCUT2D eigenvalue weighted by Crippen LogP contribution is 2.58. The highest BCUT2D eigenvalue weighted by molar-refractivity contribution is 9.10. The minimum Gasteiger partial charge on any atom is -0.352 e. The number of fused-ring (bicyclic) bond motifs is 5. The molecule has 1 amide bonds. The van der Waals surface area contributed by atoms with Crippen LogP contribution in [0, 0.1) is 5.92 Å². The van der Waals surface area contributed by atoms with Gasteiger partial charge in [0.2, 0.25) is 5.91 Å². The lowest BCUT2D eigenvalue weighted by molar-refractivity contribution is -0.121. The minimum atomic E-state index is -1.46. The molecule has 1 N–H and O–H groups in total. The predicted octanol–water partition coefficient (Wildman–Crippen LogP) is 5.70. The van der Waals surface area contributed by atoms with Crippen LogP contribution in [0.5, 0.6) is 0 Å². The van der Waals surface area contributed by atoms with Crippen molar-refractivity contribution >= 4 is 50.9 Å². The third kappa shape index (κ3) is 3.32. The summed E-state index contributed by atoms with van der Waals surface area (Å²) in [7, 11) is 0. The predicted molar refractivity (Wildman–Crippen MR) is 153 cm³/mol. The number of aromatic nitrogens is 1. The van der Waals surface area contributed by atoms with Crippen molar-refractivity contribution in [1.29, 1.82) is 0 Å². The van der Waals surface area contributed by atoms with Gasteiger partial charge in [0, 0.05) is 39.4 Å². The second-order valence-corrected chi connectivity index (χ2v) is 11.0. The fourth-order valence-corrected chi connectivity index (χ4v) is 6.87. The Labute approximate surface area is 233 Å². The third-order valence-electron chi connectivity index (χ3n) is 8.17. The molecule has 0 bridgehead atoms. The van der Waals surface area contributed by atoms with Gasteiger partial charge >= 0.3 is 0 Å². The Morgan fingerprint density at radius 1 is 0.846 bits per heavy atom. The fraction of sp³-hybridized carbons (Fsp3) is 0.125. The molecular formula is C32H22BrN3O3. The highest BCUT2D eigenvalue weighted by Gasteiger charge is 2.70. The van der Waals surface area contributed by atoms with Crippen molar-refractivity contribution in [3.8, 4) is 0 Å². The summed E-state index contributed by atoms with van der Waals surface area (Å²) < 4.78 is 0.846. The Morgan fingerprint density at radius 3 is 2.33 bits per heavy atom. The maximum atomic E-state index is 14.7. The second-order valence-electron chi connectivity index (χ2n) is 10.0. The monoisotopic (exact) mass is 575 g/mol. The molecule has 3 aliphatic rings. The first-order valence-corrected chi connectivity index (χ1v) is 13.5. The van der Waals surface area contributed by atoms with E-state index in [0.717, 1.165) is 15.7 Å². The van der Waals surface area contributed by atoms with Crippen LogP contribution in [0.3, 0.4) is 0 Å². The Balaban J connectivity index is 1.54. The van der Waals surface area contributed by atoms with Gasteiger partial charge in [-0.15, -0.1) is 0 Å². The van der Waals surface area contributed by atoms with Gasteiger partial charge in [-0.2, -0.15) is 0 Å². The Kier molecular flexibility index (Phi) is 5.39. The van der Waals surface area contributed by atoms with E-state index >= 15 is 0 Å². The number of hydrogen-bond donors (Lipinski definition) is 1. The Hall–Kier alpha value is -4.36. The molecule has 1 saturated heterocycles. The van der Waals surface area contributed by atoms with Crippen LogP contribution in [0.15, 0.2) is 108 Å². The molecular weight excluding hydrogens is 554 g/mol. The van der Waals surface area contributed by atoms with Crippen LogP contribution in [0.1, 0.15) is 31.8 Å². The van der Waals surface area contributed by atoms with Crippen LogP contribution in [-0.4, -0.2) is 34.5 Å². The largest absolute Gasteiger partial charge is 0.352 e. The molecule has 39 heavy (non-hydrogen) atoms. The van der Waals surface area contributed by atoms with Crippen LogP contribution in [0.2, 0.25) is 0 Å². The number of benzene rings is 3. The maximum absolute atomic E-state index is 14.7. The average Bonchev–Trinajstić information content (AvgIpc) is 3.45. The molecule has 7 rings (SSSR count). The summed E-state index contributed by atoms with van der Waals surface area (Å²) >= 11 is 3.46. The molecule has 190 valence electrons. The molecule has 1 unspecified atom stereocenters. The molecule has 1 aromatic heterocycles. The number of pyridine rings is 1. The minimum absolute atomic E-state index is 0.200. The molecule has 0 aliphatic carbocycles. The molecule has 3 aromatic carbocycles. The summed E-state index contributed by atoms with van der Waals surface area (Å²) in [5, 5.41) is 3.03. The molecule has 1 fully saturated rings. The number of Topliss-reactive ketones (excluding diaryl/α,β-unsaturated/α-hetero) is 2. The molecule has 4 atom stereocenters. The molecule has 3 aliphatic heterocycles. The number of halogens is 1. The summed E-state index contributed by atoms with van der Waals surface area (Å²) in [4.78, 5) is 49.6. The van der Waals surface area contributed by atoms with Gasteiger partial charge in [-0.25, -0.2) is 0 Å². The van der Waals surface area contributed by atoms with E-state index in [0.29, 0.717) is 22.4 Å². The standard InChI is InChI=1S/C32H22BrN3O3/c33-22-12-9-20(10-13-22)29(38)30-32(23-6-2-3-7-24(23)35-31(32)39)27(28(37)21-15-17-34-18-16-21)26-14-11-19-5-1-4-8-25(19)36(26)30/h1-18,26-27,30H,(H,35,39)/t26?,27-,30+,32+/m1/s1. The molecule has 4 aromatic rings. The van der Waals surface area contributed by atoms with Gasteiger partial charge in [-0.05, 0) is 47.5 Å². The van der Waals surface area contributed by atoms with Crippen molar-refractivity contribution in [3.05, 3.63) is 130 Å². The summed E-state index contributed by atoms with van der Waals surface area (Å²) in [5.41, 5.74) is 2.51. The van der Waals surface area contributed by atoms with Crippen molar-refractivity contribution in [3.63, 3.8) is 0 Å². The number of nitrogens with zero attached hydrogens (tertiary/aromatic N) is 2. The van der Waals surface area contributed by atoms with E-state index in [1.165, 1.54) is 0 Å². The van der Waals surface area contributed by atoms with Crippen molar-refractivity contribution in [1.82, 2.24) is 4.98 Å². The second kappa shape index (κ2) is 8.85. The van der Waals surface area contributed by atoms with E-state index in [1.807, 2.05) is 77.7 Å². The lowest BCUT2D eigenvalue weighted by Crippen LogP contribution is -2.55. The smallest absolute Gasteiger partial charge is 0.238 e. The number of hydrogen-bond acceptors (Lipinski definition) is 5. The number of anilines is 2. The van der Waals surface area contributed by atoms with Crippen LogP contribution >= 0.6 is 15.9 Å². The summed E-state index contributed by atoms with van der Waals surface area (Å²) in [6.45, 7) is 0. The van der Waals surface area contributed by atoms with Gasteiger partial charge in [0.05, 0.1) is 12.0 Å². The zero-order valence-corrected chi connectivity index (χ0v) is 22.2. The Morgan fingerprint density at radius 2 is 1.54 bits per heavy atom. The van der Waals surface area contributed by atoms with Crippen molar-refractivity contribution in [2.24, 2.45) is 5.92 Å². The van der Waals surface area contributed by atoms with Crippen LogP contribution in [0.4, 0.5) is 11.4 Å². The average molecular weight is 576 g/mol. The first kappa shape index (κ1) is 23.7. The van der Waals surface area contributed by atoms with Crippen molar-refractivity contribution < 1.29 is 14.4 Å². The van der Waals surface area contributed by atoms with Crippen LogP contribution in [-0.2, 0) is 10.2 Å². The number of ketones is 2. The lowest BCUT2D eigenvalue weighted by Gasteiger charge is -2.37. The summed E-state index contributed by atoms with van der Waals surface area (Å²) in [5.74, 6) is -1.62. The van der Waals surface area contributed by atoms with Gasteiger partial charge < -0.3 is 10.2 Å². The molecule has 4 heterocycles. The number of amides is 1. The van der Waals surface area contributed by atoms with Gasteiger partial charge in [0.15, 0.2) is 11.6 Å². The highest BCUT2D eigenvalue weighted by atomic mass is 79.9. The van der Waals surface area contributed by atoms with Gasteiger partial charge in [0.25, 0.3) is 0 Å². The molecule has 0 saturated carbocycles. The van der Waals surface area contributed by atoms with E-state index in [1.54, 1.807) is 36.7 Å². The van der Waals surface area contributed by atoms with Gasteiger partial charge in [0.1, 0.15) is 11.5 Å². The summed E-state index contributed by atoms with van der Waals surface area (Å²) in [6.07, 6.45) is 7.11. The Bertz CT molecular complexity index is 1680. The van der Waals surface area contributed by atoms with Crippen LogP contribution < -0.4 is 10.2 Å². The van der Waals surface area contributed by atoms with E-state index in [4.69, 9.17) is 0 Å². The third-order valence-corrected chi connectivity index (χ3v) is 8.70. The summed E-state index contributed by atoms with van der Waals surface area (Å²) in [6, 6.07) is 24.2. The van der Waals surface area contributed by atoms with E-state index in [2.05, 4.69) is 26.2 Å². The molecule has 0 radical (unpaired) electrons. The number of carbonyl (C=O) groups is 3. The zero-order valence-electron chi connectivity index (χ0n) is 20.6. The van der Waals surface area contributed by atoms with Gasteiger partial charge in [-0.3, -0.25) is 19.4 Å². The number of nitrogens with one attached hydrogen (secondary N) is 1. The van der Waals surface area contributed by atoms with E-state index in [-0.39, 0.29) is 17.5 Å². The lowest BCUT2D eigenvalue weighted by atomic mass is 9.63. The van der Waals surface area contributed by atoms with Crippen LogP contribution in [0.25, 0.3) is 6.08 Å². The zero-order chi connectivity index (χ0) is 26.7. The first-order valence-electron chi connectivity index (χ1n) is 12.7. The molecule has 7 heteroatoms. The van der Waals surface area contributed by atoms with E-state index < -0.39 is 23.4 Å². The molecule has 1 spiro atoms. The quantitative estimate of drug-likeness (QED) is 0.316. The van der Waals surface area contributed by atoms with Crippen molar-refractivity contribution in [2.75, 3.05) is 10.2 Å². The molecule has 6 nitrogen and oxygen atoms in total. The maximum Gasteiger partial charge on any atom is 0.238 e. The van der Waals surface area contributed by atoms with Gasteiger partial charge in [-0.1, -0.05) is 76.6 Å². The number of rotatable bonds is 4. The SMILES string of the molecule is O=C(c1ccc(Br)cc1)[C@@H]1N2c3ccccc3C=CC2[C@H](C(=O)c2ccncc2)[C@]12C(=O)Nc1ccccc12. The topological polar surface area (TPSA) is 79.4 Å². The normalized spacial score (nSPS) is 24.2.